The molecule has 1 fully saturated rings. The molecular formula is C17H15ClN4O2S. The molecule has 1 aliphatic rings. The molecule has 25 heavy (non-hydrogen) atoms. The van der Waals surface area contributed by atoms with Gasteiger partial charge in [0, 0.05) is 6.42 Å². The summed E-state index contributed by atoms with van der Waals surface area (Å²) in [6, 6.07) is 16.3. The zero-order valence-electron chi connectivity index (χ0n) is 13.0. The van der Waals surface area contributed by atoms with Crippen molar-refractivity contribution in [2.45, 2.75) is 11.7 Å². The number of carbonyl (C=O) groups is 2. The van der Waals surface area contributed by atoms with E-state index in [-0.39, 0.29) is 18.2 Å². The molecule has 0 bridgehead atoms. The summed E-state index contributed by atoms with van der Waals surface area (Å²) in [5.74, 6) is -0.522. The van der Waals surface area contributed by atoms with E-state index in [2.05, 4.69) is 21.2 Å². The van der Waals surface area contributed by atoms with Gasteiger partial charge in [0.1, 0.15) is 5.25 Å². The molecule has 2 aromatic carbocycles. The number of hydrogen-bond acceptors (Lipinski definition) is 5. The zero-order chi connectivity index (χ0) is 17.6. The van der Waals surface area contributed by atoms with Crippen molar-refractivity contribution in [2.75, 3.05) is 10.7 Å². The van der Waals surface area contributed by atoms with Crippen LogP contribution in [-0.2, 0) is 9.59 Å². The van der Waals surface area contributed by atoms with Crippen LogP contribution in [0, 0.1) is 0 Å². The van der Waals surface area contributed by atoms with E-state index in [1.54, 1.807) is 24.3 Å². The van der Waals surface area contributed by atoms with Crippen LogP contribution >= 0.6 is 23.4 Å². The molecule has 0 unspecified atom stereocenters. The maximum absolute atomic E-state index is 12.1. The smallest absolute Gasteiger partial charge is 0.240 e. The number of benzene rings is 2. The quantitative estimate of drug-likeness (QED) is 0.701. The normalized spacial score (nSPS) is 18.0. The van der Waals surface area contributed by atoms with Gasteiger partial charge in [-0.2, -0.15) is 0 Å². The van der Waals surface area contributed by atoms with E-state index in [4.69, 9.17) is 11.6 Å². The second-order valence-corrected chi connectivity index (χ2v) is 6.82. The third kappa shape index (κ3) is 4.74. The third-order valence-corrected chi connectivity index (χ3v) is 4.77. The number of halogens is 1. The van der Waals surface area contributed by atoms with E-state index in [0.29, 0.717) is 15.9 Å². The van der Waals surface area contributed by atoms with Crippen LogP contribution in [-0.4, -0.2) is 22.2 Å². The molecule has 3 rings (SSSR count). The number of amides is 2. The van der Waals surface area contributed by atoms with Crippen molar-refractivity contribution in [1.82, 2.24) is 5.32 Å². The Kier molecular flexibility index (Phi) is 5.57. The lowest BCUT2D eigenvalue weighted by Gasteiger charge is -2.08. The molecule has 1 heterocycles. The fourth-order valence-corrected chi connectivity index (χ4v) is 3.26. The van der Waals surface area contributed by atoms with Gasteiger partial charge in [-0.25, -0.2) is 0 Å². The van der Waals surface area contributed by atoms with Crippen molar-refractivity contribution in [3.63, 3.8) is 0 Å². The summed E-state index contributed by atoms with van der Waals surface area (Å²) in [5, 5.41) is 9.87. The highest BCUT2D eigenvalue weighted by Gasteiger charge is 2.32. The van der Waals surface area contributed by atoms with Crippen LogP contribution in [0.25, 0.3) is 0 Å². The predicted molar refractivity (Wildman–Crippen MR) is 102 cm³/mol. The van der Waals surface area contributed by atoms with Crippen LogP contribution in [0.2, 0.25) is 5.02 Å². The monoisotopic (exact) mass is 374 g/mol. The molecule has 2 amide bonds. The van der Waals surface area contributed by atoms with E-state index in [9.17, 15) is 9.59 Å². The Hall–Kier alpha value is -2.51. The highest BCUT2D eigenvalue weighted by molar-refractivity contribution is 8.15. The first kappa shape index (κ1) is 17.3. The number of carbonyl (C=O) groups excluding carboxylic acids is 2. The topological polar surface area (TPSA) is 82.6 Å². The molecule has 1 saturated heterocycles. The number of thioether (sulfide) groups is 1. The van der Waals surface area contributed by atoms with E-state index in [1.807, 2.05) is 30.3 Å². The Morgan fingerprint density at radius 2 is 1.88 bits per heavy atom. The molecule has 2 aromatic rings. The summed E-state index contributed by atoms with van der Waals surface area (Å²) < 4.78 is 0. The molecule has 8 heteroatoms. The summed E-state index contributed by atoms with van der Waals surface area (Å²) in [6.45, 7) is 0. The van der Waals surface area contributed by atoms with E-state index >= 15 is 0 Å². The fourth-order valence-electron chi connectivity index (χ4n) is 2.15. The number of nitrogens with zero attached hydrogens (tertiary/aromatic N) is 1. The molecule has 0 radical (unpaired) electrons. The molecule has 128 valence electrons. The lowest BCUT2D eigenvalue weighted by atomic mass is 10.2. The van der Waals surface area contributed by atoms with Gasteiger partial charge in [0.05, 0.1) is 16.4 Å². The summed E-state index contributed by atoms with van der Waals surface area (Å²) >= 11 is 7.22. The van der Waals surface area contributed by atoms with Gasteiger partial charge in [0.15, 0.2) is 5.17 Å². The standard InChI is InChI=1S/C17H15ClN4O2S/c18-12-8-4-5-9-13(12)19-15(23)10-14-16(24)20-17(25-14)22-21-11-6-2-1-3-7-11/h1-9,14,21H,10H2,(H,19,23)(H,20,22,24)/t14-/m0/s1. The number of rotatable bonds is 5. The van der Waals surface area contributed by atoms with E-state index in [0.717, 1.165) is 5.69 Å². The van der Waals surface area contributed by atoms with Crippen molar-refractivity contribution in [2.24, 2.45) is 5.10 Å². The first-order valence-corrected chi connectivity index (χ1v) is 8.78. The molecule has 6 nitrogen and oxygen atoms in total. The van der Waals surface area contributed by atoms with Gasteiger partial charge in [-0.3, -0.25) is 15.0 Å². The minimum Gasteiger partial charge on any atom is -0.325 e. The van der Waals surface area contributed by atoms with Gasteiger partial charge in [-0.15, -0.1) is 5.10 Å². The second kappa shape index (κ2) is 8.04. The van der Waals surface area contributed by atoms with Crippen LogP contribution in [0.15, 0.2) is 59.7 Å². The van der Waals surface area contributed by atoms with Crippen molar-refractivity contribution in [3.8, 4) is 0 Å². The first-order valence-electron chi connectivity index (χ1n) is 7.52. The van der Waals surface area contributed by atoms with Crippen LogP contribution in [0.4, 0.5) is 11.4 Å². The molecule has 0 aromatic heterocycles. The largest absolute Gasteiger partial charge is 0.325 e. The van der Waals surface area contributed by atoms with Crippen LogP contribution in [0.1, 0.15) is 6.42 Å². The first-order chi connectivity index (χ1) is 12.1. The van der Waals surface area contributed by atoms with E-state index < -0.39 is 5.25 Å². The van der Waals surface area contributed by atoms with Gasteiger partial charge >= 0.3 is 0 Å². The number of anilines is 2. The molecule has 0 saturated carbocycles. The summed E-state index contributed by atoms with van der Waals surface area (Å²) in [4.78, 5) is 24.1. The number of hydrazone groups is 1. The molecule has 1 aliphatic heterocycles. The average Bonchev–Trinajstić information content (AvgIpc) is 2.96. The highest BCUT2D eigenvalue weighted by Crippen LogP contribution is 2.25. The van der Waals surface area contributed by atoms with Crippen molar-refractivity contribution in [1.29, 1.82) is 0 Å². The lowest BCUT2D eigenvalue weighted by Crippen LogP contribution is -2.28. The predicted octanol–water partition coefficient (Wildman–Crippen LogP) is 3.28. The Bertz CT molecular complexity index is 813. The number of para-hydroxylation sites is 2. The van der Waals surface area contributed by atoms with Crippen molar-refractivity contribution >= 4 is 51.7 Å². The Morgan fingerprint density at radius 3 is 2.64 bits per heavy atom. The fraction of sp³-hybridized carbons (Fsp3) is 0.118. The number of amidine groups is 1. The van der Waals surface area contributed by atoms with Gasteiger partial charge < -0.3 is 10.6 Å². The van der Waals surface area contributed by atoms with Gasteiger partial charge in [0.25, 0.3) is 0 Å². The van der Waals surface area contributed by atoms with Crippen LogP contribution in [0.3, 0.4) is 0 Å². The molecule has 3 N–H and O–H groups in total. The maximum atomic E-state index is 12.1. The number of hydrogen-bond donors (Lipinski definition) is 3. The minimum atomic E-state index is -0.529. The lowest BCUT2D eigenvalue weighted by molar-refractivity contribution is -0.122. The van der Waals surface area contributed by atoms with Gasteiger partial charge in [0.2, 0.25) is 11.8 Å². The van der Waals surface area contributed by atoms with Crippen LogP contribution in [0.5, 0.6) is 0 Å². The Morgan fingerprint density at radius 1 is 1.16 bits per heavy atom. The maximum Gasteiger partial charge on any atom is 0.240 e. The van der Waals surface area contributed by atoms with Crippen LogP contribution < -0.4 is 16.1 Å². The van der Waals surface area contributed by atoms with Crippen molar-refractivity contribution in [3.05, 3.63) is 59.6 Å². The molecule has 1 atom stereocenters. The van der Waals surface area contributed by atoms with Gasteiger partial charge in [-0.05, 0) is 24.3 Å². The second-order valence-electron chi connectivity index (χ2n) is 5.22. The van der Waals surface area contributed by atoms with E-state index in [1.165, 1.54) is 11.8 Å². The Balaban J connectivity index is 1.56. The number of nitrogens with one attached hydrogen (secondary N) is 3. The zero-order valence-corrected chi connectivity index (χ0v) is 14.6. The van der Waals surface area contributed by atoms with Crippen molar-refractivity contribution < 1.29 is 9.59 Å². The summed E-state index contributed by atoms with van der Waals surface area (Å²) in [5.41, 5.74) is 4.20. The summed E-state index contributed by atoms with van der Waals surface area (Å²) in [7, 11) is 0. The minimum absolute atomic E-state index is 0.0338. The molecule has 0 aliphatic carbocycles. The average molecular weight is 375 g/mol. The third-order valence-electron chi connectivity index (χ3n) is 3.36. The SMILES string of the molecule is O=C(C[C@@H]1SC(=NNc2ccccc2)NC1=O)Nc1ccccc1Cl. The molecular weight excluding hydrogens is 360 g/mol. The van der Waals surface area contributed by atoms with Gasteiger partial charge in [-0.1, -0.05) is 53.7 Å². The Labute approximate surface area is 154 Å². The molecule has 0 spiro atoms. The summed E-state index contributed by atoms with van der Waals surface area (Å²) in [6.07, 6.45) is 0.0338. The highest BCUT2D eigenvalue weighted by atomic mass is 35.5.